The topological polar surface area (TPSA) is 74.2 Å². The number of carboxylic acids is 1. The molecule has 0 amide bonds. The largest absolute Gasteiger partial charge is 0.493 e. The Morgan fingerprint density at radius 3 is 2.15 bits per heavy atom. The number of carbonyl (C=O) groups is 1. The third kappa shape index (κ3) is 4.20. The summed E-state index contributed by atoms with van der Waals surface area (Å²) in [7, 11) is 2.91. The fraction of sp³-hybridized carbons (Fsp3) is 0.278. The van der Waals surface area contributed by atoms with E-state index < -0.39 is 29.3 Å². The molecule has 140 valence electrons. The van der Waals surface area contributed by atoms with Crippen molar-refractivity contribution >= 4 is 5.97 Å². The lowest BCUT2D eigenvalue weighted by Gasteiger charge is -2.16. The summed E-state index contributed by atoms with van der Waals surface area (Å²) >= 11 is 0. The molecular weight excluding hydrogens is 350 g/mol. The third-order valence-corrected chi connectivity index (χ3v) is 3.46. The number of ether oxygens (including phenoxy) is 4. The van der Waals surface area contributed by atoms with Crippen LogP contribution in [-0.2, 0) is 9.53 Å². The summed E-state index contributed by atoms with van der Waals surface area (Å²) in [5.74, 6) is -2.69. The van der Waals surface area contributed by atoms with Crippen molar-refractivity contribution in [2.75, 3.05) is 20.8 Å². The van der Waals surface area contributed by atoms with Gasteiger partial charge in [-0.1, -0.05) is 0 Å². The molecule has 26 heavy (non-hydrogen) atoms. The van der Waals surface area contributed by atoms with Crippen LogP contribution in [0.3, 0.4) is 0 Å². The summed E-state index contributed by atoms with van der Waals surface area (Å²) in [4.78, 5) is 11.2. The van der Waals surface area contributed by atoms with E-state index in [1.165, 1.54) is 33.3 Å². The molecule has 0 aliphatic carbocycles. The highest BCUT2D eigenvalue weighted by molar-refractivity contribution is 5.74. The zero-order chi connectivity index (χ0) is 19.3. The maximum Gasteiger partial charge on any atom is 0.337 e. The predicted molar refractivity (Wildman–Crippen MR) is 88.0 cm³/mol. The zero-order valence-corrected chi connectivity index (χ0v) is 14.4. The average molecular weight is 368 g/mol. The molecule has 0 saturated heterocycles. The molecule has 0 aliphatic rings. The van der Waals surface area contributed by atoms with Gasteiger partial charge in [-0.2, -0.15) is 0 Å². The maximum absolute atomic E-state index is 14.3. The molecule has 0 aliphatic heterocycles. The maximum atomic E-state index is 14.3. The van der Waals surface area contributed by atoms with E-state index in [2.05, 4.69) is 0 Å². The first-order valence-corrected chi connectivity index (χ1v) is 7.64. The van der Waals surface area contributed by atoms with Crippen molar-refractivity contribution < 1.29 is 37.6 Å². The van der Waals surface area contributed by atoms with E-state index in [0.29, 0.717) is 11.5 Å². The van der Waals surface area contributed by atoms with E-state index in [1.807, 2.05) is 0 Å². The SMILES string of the molecule is CCOC(C(=O)O)c1c(F)cc(Oc2ccc(OC)c(OC)c2)cc1F. The Morgan fingerprint density at radius 2 is 1.65 bits per heavy atom. The van der Waals surface area contributed by atoms with Gasteiger partial charge in [0.1, 0.15) is 23.1 Å². The average Bonchev–Trinajstić information content (AvgIpc) is 2.60. The lowest BCUT2D eigenvalue weighted by Crippen LogP contribution is -2.18. The van der Waals surface area contributed by atoms with E-state index in [4.69, 9.17) is 24.1 Å². The molecule has 1 unspecified atom stereocenters. The second kappa shape index (κ2) is 8.48. The van der Waals surface area contributed by atoms with Crippen LogP contribution in [0, 0.1) is 11.6 Å². The molecule has 1 atom stereocenters. The van der Waals surface area contributed by atoms with Gasteiger partial charge >= 0.3 is 5.97 Å². The lowest BCUT2D eigenvalue weighted by atomic mass is 10.1. The highest BCUT2D eigenvalue weighted by atomic mass is 19.1. The molecular formula is C18H18F2O6. The van der Waals surface area contributed by atoms with Crippen molar-refractivity contribution in [3.63, 3.8) is 0 Å². The van der Waals surface area contributed by atoms with Crippen LogP contribution < -0.4 is 14.2 Å². The van der Waals surface area contributed by atoms with Gasteiger partial charge in [0.25, 0.3) is 0 Å². The standard InChI is InChI=1S/C18H18F2O6/c1-4-25-17(18(21)22)16-12(19)7-11(8-13(16)20)26-10-5-6-14(23-2)15(9-10)24-3/h5-9,17H,4H2,1-3H3,(H,21,22). The highest BCUT2D eigenvalue weighted by Gasteiger charge is 2.28. The Bertz CT molecular complexity index is 770. The molecule has 0 saturated carbocycles. The number of hydrogen-bond acceptors (Lipinski definition) is 5. The van der Waals surface area contributed by atoms with Crippen LogP contribution in [0.1, 0.15) is 18.6 Å². The molecule has 2 aromatic carbocycles. The predicted octanol–water partition coefficient (Wildman–Crippen LogP) is 3.94. The summed E-state index contributed by atoms with van der Waals surface area (Å²) < 4.78 is 49.2. The van der Waals surface area contributed by atoms with Crippen molar-refractivity contribution in [1.82, 2.24) is 0 Å². The zero-order valence-electron chi connectivity index (χ0n) is 14.4. The Morgan fingerprint density at radius 1 is 1.04 bits per heavy atom. The number of benzene rings is 2. The van der Waals surface area contributed by atoms with Gasteiger partial charge in [-0.05, 0) is 19.1 Å². The van der Waals surface area contributed by atoms with E-state index in [-0.39, 0.29) is 18.1 Å². The van der Waals surface area contributed by atoms with E-state index in [1.54, 1.807) is 6.07 Å². The lowest BCUT2D eigenvalue weighted by molar-refractivity contribution is -0.151. The van der Waals surface area contributed by atoms with Gasteiger partial charge in [0.05, 0.1) is 19.8 Å². The number of rotatable bonds is 8. The van der Waals surface area contributed by atoms with Crippen molar-refractivity contribution in [3.05, 3.63) is 47.5 Å². The second-order valence-electron chi connectivity index (χ2n) is 5.09. The molecule has 1 N–H and O–H groups in total. The Kier molecular flexibility index (Phi) is 6.35. The van der Waals surface area contributed by atoms with Crippen molar-refractivity contribution in [2.45, 2.75) is 13.0 Å². The monoisotopic (exact) mass is 368 g/mol. The van der Waals surface area contributed by atoms with Gasteiger partial charge in [0.2, 0.25) is 0 Å². The number of hydrogen-bond donors (Lipinski definition) is 1. The Balaban J connectivity index is 2.34. The molecule has 6 nitrogen and oxygen atoms in total. The van der Waals surface area contributed by atoms with Gasteiger partial charge in [-0.15, -0.1) is 0 Å². The molecule has 0 fully saturated rings. The van der Waals surface area contributed by atoms with Crippen LogP contribution in [0.5, 0.6) is 23.0 Å². The summed E-state index contributed by atoms with van der Waals surface area (Å²) in [6.45, 7) is 1.51. The van der Waals surface area contributed by atoms with Gasteiger partial charge in [0.15, 0.2) is 17.6 Å². The number of halogens is 2. The first kappa shape index (κ1) is 19.5. The van der Waals surface area contributed by atoms with Crippen molar-refractivity contribution in [2.24, 2.45) is 0 Å². The van der Waals surface area contributed by atoms with Crippen molar-refractivity contribution in [3.8, 4) is 23.0 Å². The first-order valence-electron chi connectivity index (χ1n) is 7.64. The van der Waals surface area contributed by atoms with Crippen LogP contribution in [0.25, 0.3) is 0 Å². The fourth-order valence-electron chi connectivity index (χ4n) is 2.33. The molecule has 0 spiro atoms. The Labute approximate surface area is 148 Å². The summed E-state index contributed by atoms with van der Waals surface area (Å²) in [5, 5.41) is 9.10. The minimum atomic E-state index is -1.74. The second-order valence-corrected chi connectivity index (χ2v) is 5.09. The van der Waals surface area contributed by atoms with Gasteiger partial charge < -0.3 is 24.1 Å². The van der Waals surface area contributed by atoms with E-state index in [9.17, 15) is 13.6 Å². The highest BCUT2D eigenvalue weighted by Crippen LogP contribution is 2.35. The molecule has 8 heteroatoms. The molecule has 0 bridgehead atoms. The third-order valence-electron chi connectivity index (χ3n) is 3.46. The Hall–Kier alpha value is -2.87. The van der Waals surface area contributed by atoms with Crippen LogP contribution in [0.4, 0.5) is 8.78 Å². The summed E-state index contributed by atoms with van der Waals surface area (Å²) in [5.41, 5.74) is -0.681. The molecule has 2 rings (SSSR count). The minimum Gasteiger partial charge on any atom is -0.493 e. The molecule has 0 heterocycles. The van der Waals surface area contributed by atoms with Crippen LogP contribution in [0.15, 0.2) is 30.3 Å². The number of aliphatic carboxylic acids is 1. The van der Waals surface area contributed by atoms with Gasteiger partial charge in [-0.3, -0.25) is 0 Å². The smallest absolute Gasteiger partial charge is 0.337 e. The van der Waals surface area contributed by atoms with Gasteiger partial charge in [0, 0.05) is 24.8 Å². The number of methoxy groups -OCH3 is 2. The van der Waals surface area contributed by atoms with Gasteiger partial charge in [-0.25, -0.2) is 13.6 Å². The molecule has 0 aromatic heterocycles. The normalized spacial score (nSPS) is 11.7. The van der Waals surface area contributed by atoms with E-state index >= 15 is 0 Å². The fourth-order valence-corrected chi connectivity index (χ4v) is 2.33. The van der Waals surface area contributed by atoms with Crippen LogP contribution >= 0.6 is 0 Å². The molecule has 2 aromatic rings. The summed E-state index contributed by atoms with van der Waals surface area (Å²) in [6, 6.07) is 6.38. The first-order chi connectivity index (χ1) is 12.4. The van der Waals surface area contributed by atoms with Crippen LogP contribution in [-0.4, -0.2) is 31.9 Å². The van der Waals surface area contributed by atoms with Crippen molar-refractivity contribution in [1.29, 1.82) is 0 Å². The quantitative estimate of drug-likeness (QED) is 0.761. The molecule has 0 radical (unpaired) electrons. The van der Waals surface area contributed by atoms with Crippen LogP contribution in [0.2, 0.25) is 0 Å². The minimum absolute atomic E-state index is 0.0141. The summed E-state index contributed by atoms with van der Waals surface area (Å²) in [6.07, 6.45) is -1.74. The number of carboxylic acid groups (broad SMARTS) is 1. The van der Waals surface area contributed by atoms with E-state index in [0.717, 1.165) is 12.1 Å².